The highest BCUT2D eigenvalue weighted by Gasteiger charge is 2.79. The zero-order valence-corrected chi connectivity index (χ0v) is 24.0. The van der Waals surface area contributed by atoms with Gasteiger partial charge in [-0.3, -0.25) is 14.4 Å². The van der Waals surface area contributed by atoms with Crippen LogP contribution in [0.2, 0.25) is 5.02 Å². The summed E-state index contributed by atoms with van der Waals surface area (Å²) < 4.78 is 33.2. The van der Waals surface area contributed by atoms with Crippen LogP contribution >= 0.6 is 23.4 Å². The Morgan fingerprint density at radius 2 is 1.97 bits per heavy atom. The van der Waals surface area contributed by atoms with E-state index in [0.29, 0.717) is 24.5 Å². The van der Waals surface area contributed by atoms with Crippen molar-refractivity contribution in [1.82, 2.24) is 5.06 Å². The number of fused-ring (bicyclic) bond motifs is 7. The Morgan fingerprint density at radius 3 is 2.67 bits per heavy atom. The summed E-state index contributed by atoms with van der Waals surface area (Å²) in [6.45, 7) is 4.48. The van der Waals surface area contributed by atoms with Crippen molar-refractivity contribution in [3.63, 3.8) is 0 Å². The highest BCUT2D eigenvalue weighted by Crippen LogP contribution is 2.72. The van der Waals surface area contributed by atoms with Crippen molar-refractivity contribution in [3.05, 3.63) is 58.4 Å². The number of hydrogen-bond donors (Lipinski definition) is 1. The van der Waals surface area contributed by atoms with E-state index in [1.807, 2.05) is 42.5 Å². The van der Waals surface area contributed by atoms with Gasteiger partial charge in [-0.05, 0) is 61.3 Å². The van der Waals surface area contributed by atoms with Gasteiger partial charge < -0.3 is 5.11 Å². The molecule has 3 fully saturated rings. The maximum Gasteiger partial charge on any atom is 0.177 e. The fraction of sp³-hybridized carbons (Fsp3) is 0.600. The van der Waals surface area contributed by atoms with Gasteiger partial charge in [0, 0.05) is 53.6 Å². The number of rotatable bonds is 5. The molecule has 4 aliphatic carbocycles. The Bertz CT molecular complexity index is 1290. The first kappa shape index (κ1) is 27.6. The summed E-state index contributed by atoms with van der Waals surface area (Å²) in [5, 5.41) is 14.1. The largest absolute Gasteiger partial charge is 0.390 e. The van der Waals surface area contributed by atoms with Gasteiger partial charge in [0.1, 0.15) is 5.83 Å². The predicted molar refractivity (Wildman–Crippen MR) is 146 cm³/mol. The first-order valence-electron chi connectivity index (χ1n) is 13.6. The average Bonchev–Trinajstić information content (AvgIpc) is 3.36. The monoisotopic (exact) mass is 577 g/mol. The van der Waals surface area contributed by atoms with Crippen molar-refractivity contribution in [3.8, 4) is 0 Å². The lowest BCUT2D eigenvalue weighted by Gasteiger charge is -2.62. The number of aliphatic hydroxyl groups excluding tert-OH is 1. The number of ketones is 2. The third-order valence-electron chi connectivity index (χ3n) is 10.7. The van der Waals surface area contributed by atoms with Gasteiger partial charge in [-0.25, -0.2) is 8.78 Å². The quantitative estimate of drug-likeness (QED) is 0.488. The molecule has 1 saturated heterocycles. The molecule has 1 N–H and O–H groups in total. The molecule has 39 heavy (non-hydrogen) atoms. The minimum absolute atomic E-state index is 0.0162. The van der Waals surface area contributed by atoms with E-state index in [-0.39, 0.29) is 54.0 Å². The van der Waals surface area contributed by atoms with Crippen LogP contribution in [0.4, 0.5) is 8.78 Å². The third kappa shape index (κ3) is 3.60. The number of carbonyl (C=O) groups is 2. The highest BCUT2D eigenvalue weighted by atomic mass is 35.5. The number of carbonyl (C=O) groups excluding carboxylic acids is 2. The smallest absolute Gasteiger partial charge is 0.177 e. The molecule has 2 saturated carbocycles. The van der Waals surface area contributed by atoms with E-state index >= 15 is 8.78 Å². The Balaban J connectivity index is 1.40. The standard InChI is InChI=1S/C30H34ClF2NO4S/c1-27-9-8-20(35)11-23(27)24(32)12-22-21-10-18-15-34(14-17-4-6-19(31)7-5-17)38-30(18,26(37)16-39-3)28(21,2)13-25(36)29(22,27)33/h4-9,18,21-22,25,36H,10-16H2,1-3H3/t18-,21-,22-,25-,27-,28-,29-,30-/m0/s1. The van der Waals surface area contributed by atoms with E-state index in [2.05, 4.69) is 0 Å². The molecule has 1 heterocycles. The van der Waals surface area contributed by atoms with E-state index < -0.39 is 39.9 Å². The van der Waals surface area contributed by atoms with Crippen molar-refractivity contribution in [2.24, 2.45) is 28.6 Å². The van der Waals surface area contributed by atoms with Gasteiger partial charge in [0.15, 0.2) is 22.8 Å². The molecule has 5 nitrogen and oxygen atoms in total. The maximum absolute atomic E-state index is 17.5. The minimum Gasteiger partial charge on any atom is -0.390 e. The van der Waals surface area contributed by atoms with Crippen molar-refractivity contribution in [1.29, 1.82) is 0 Å². The average molecular weight is 578 g/mol. The molecule has 0 aromatic heterocycles. The fourth-order valence-electron chi connectivity index (χ4n) is 8.92. The maximum atomic E-state index is 17.5. The molecule has 1 aliphatic heterocycles. The summed E-state index contributed by atoms with van der Waals surface area (Å²) in [6, 6.07) is 7.46. The summed E-state index contributed by atoms with van der Waals surface area (Å²) in [4.78, 5) is 32.8. The molecule has 9 heteroatoms. The number of hydroxylamine groups is 2. The molecule has 0 radical (unpaired) electrons. The zero-order chi connectivity index (χ0) is 28.0. The van der Waals surface area contributed by atoms with Gasteiger partial charge in [-0.15, -0.1) is 0 Å². The molecule has 0 bridgehead atoms. The van der Waals surface area contributed by atoms with Crippen LogP contribution < -0.4 is 0 Å². The molecule has 6 rings (SSSR count). The Hall–Kier alpha value is -1.58. The van der Waals surface area contributed by atoms with Crippen molar-refractivity contribution >= 4 is 34.9 Å². The molecule has 5 aliphatic rings. The lowest BCUT2D eigenvalue weighted by atomic mass is 9.45. The lowest BCUT2D eigenvalue weighted by molar-refractivity contribution is -0.265. The molecular weight excluding hydrogens is 544 g/mol. The van der Waals surface area contributed by atoms with Crippen LogP contribution in [0.1, 0.15) is 45.1 Å². The molecule has 1 aromatic carbocycles. The van der Waals surface area contributed by atoms with E-state index in [4.69, 9.17) is 16.4 Å². The second kappa shape index (κ2) is 9.21. The number of nitrogens with zero attached hydrogens (tertiary/aromatic N) is 1. The van der Waals surface area contributed by atoms with Crippen LogP contribution in [0.5, 0.6) is 0 Å². The topological polar surface area (TPSA) is 66.8 Å². The summed E-state index contributed by atoms with van der Waals surface area (Å²) in [5.41, 5.74) is -4.60. The van der Waals surface area contributed by atoms with Crippen molar-refractivity contribution in [2.75, 3.05) is 18.6 Å². The highest BCUT2D eigenvalue weighted by molar-refractivity contribution is 7.99. The van der Waals surface area contributed by atoms with Crippen LogP contribution in [-0.2, 0) is 21.0 Å². The number of halogens is 3. The number of thioether (sulfide) groups is 1. The van der Waals surface area contributed by atoms with Crippen LogP contribution in [0.25, 0.3) is 0 Å². The Kier molecular flexibility index (Phi) is 6.52. The van der Waals surface area contributed by atoms with E-state index in [1.165, 1.54) is 23.9 Å². The van der Waals surface area contributed by atoms with E-state index in [1.54, 1.807) is 6.92 Å². The summed E-state index contributed by atoms with van der Waals surface area (Å²) in [7, 11) is 0. The van der Waals surface area contributed by atoms with Crippen molar-refractivity contribution in [2.45, 2.75) is 63.4 Å². The van der Waals surface area contributed by atoms with E-state index in [9.17, 15) is 14.7 Å². The van der Waals surface area contributed by atoms with E-state index in [0.717, 1.165) is 5.56 Å². The second-order valence-electron chi connectivity index (χ2n) is 12.4. The van der Waals surface area contributed by atoms with Crippen LogP contribution in [-0.4, -0.2) is 57.7 Å². The SMILES string of the molecule is CSCC(=O)[C@@]12ON(Cc3ccc(Cl)cc3)C[C@@H]1C[C@H]1[C@@H]3CC(F)=C4CC(=O)C=C[C@]4(C)[C@@]3(F)[C@@H](O)C[C@@]12C. The number of Topliss-reactive ketones (excluding diaryl/α,β-unsaturated/α-hetero) is 1. The predicted octanol–water partition coefficient (Wildman–Crippen LogP) is 5.65. The van der Waals surface area contributed by atoms with Crippen LogP contribution in [0.15, 0.2) is 47.8 Å². The number of hydrogen-bond acceptors (Lipinski definition) is 6. The zero-order valence-electron chi connectivity index (χ0n) is 22.4. The molecular formula is C30H34ClF2NO4S. The molecule has 0 spiro atoms. The van der Waals surface area contributed by atoms with Gasteiger partial charge in [0.2, 0.25) is 0 Å². The third-order valence-corrected chi connectivity index (χ3v) is 11.5. The number of aliphatic hydroxyl groups is 1. The Labute approximate surface area is 236 Å². The molecule has 0 amide bonds. The Morgan fingerprint density at radius 1 is 1.26 bits per heavy atom. The molecule has 1 aromatic rings. The van der Waals surface area contributed by atoms with Gasteiger partial charge in [0.25, 0.3) is 0 Å². The van der Waals surface area contributed by atoms with Gasteiger partial charge in [-0.2, -0.15) is 16.8 Å². The second-order valence-corrected chi connectivity index (χ2v) is 13.8. The first-order valence-corrected chi connectivity index (χ1v) is 15.4. The molecule has 0 unspecified atom stereocenters. The summed E-state index contributed by atoms with van der Waals surface area (Å²) in [5.74, 6) is -2.01. The first-order chi connectivity index (χ1) is 18.4. The van der Waals surface area contributed by atoms with Gasteiger partial charge in [0.05, 0.1) is 11.9 Å². The van der Waals surface area contributed by atoms with Crippen LogP contribution in [0, 0.1) is 28.6 Å². The minimum atomic E-state index is -2.16. The van der Waals surface area contributed by atoms with Crippen molar-refractivity contribution < 1.29 is 28.3 Å². The number of allylic oxidation sites excluding steroid dienone is 4. The molecule has 8 atom stereocenters. The normalized spacial score (nSPS) is 43.2. The fourth-order valence-corrected chi connectivity index (χ4v) is 9.52. The number of alkyl halides is 1. The molecule has 210 valence electrons. The number of benzene rings is 1. The van der Waals surface area contributed by atoms with Gasteiger partial charge >= 0.3 is 0 Å². The summed E-state index contributed by atoms with van der Waals surface area (Å²) in [6.07, 6.45) is 3.34. The van der Waals surface area contributed by atoms with Gasteiger partial charge in [-0.1, -0.05) is 36.7 Å². The summed E-state index contributed by atoms with van der Waals surface area (Å²) >= 11 is 7.47. The van der Waals surface area contributed by atoms with Crippen LogP contribution in [0.3, 0.4) is 0 Å². The lowest BCUT2D eigenvalue weighted by Crippen LogP contribution is -2.69.